The molecule has 1 aliphatic heterocycles. The van der Waals surface area contributed by atoms with Gasteiger partial charge in [-0.15, -0.1) is 0 Å². The van der Waals surface area contributed by atoms with Crippen molar-refractivity contribution < 1.29 is 19.1 Å². The van der Waals surface area contributed by atoms with Crippen LogP contribution in [-0.2, 0) is 4.79 Å². The van der Waals surface area contributed by atoms with Crippen LogP contribution >= 0.6 is 23.2 Å². The molecule has 0 radical (unpaired) electrons. The Kier molecular flexibility index (Phi) is 7.23. The summed E-state index contributed by atoms with van der Waals surface area (Å²) in [6, 6.07) is 9.89. The Morgan fingerprint density at radius 3 is 2.55 bits per heavy atom. The molecule has 2 aromatic carbocycles. The molecule has 0 saturated heterocycles. The summed E-state index contributed by atoms with van der Waals surface area (Å²) in [6.07, 6.45) is 1.50. The number of carbonyl (C=O) groups is 2. The van der Waals surface area contributed by atoms with Crippen LogP contribution in [0.2, 0.25) is 10.0 Å². The largest absolute Gasteiger partial charge is 0.490 e. The molecule has 29 heavy (non-hydrogen) atoms. The molecule has 0 fully saturated rings. The first kappa shape index (κ1) is 21.3. The molecule has 1 aliphatic rings. The molecule has 154 valence electrons. The number of hydrogen-bond donors (Lipinski definition) is 1. The van der Waals surface area contributed by atoms with Gasteiger partial charge in [-0.05, 0) is 42.8 Å². The van der Waals surface area contributed by atoms with Crippen molar-refractivity contribution in [2.75, 3.05) is 31.6 Å². The number of benzene rings is 2. The number of ether oxygens (including phenoxy) is 2. The van der Waals surface area contributed by atoms with Gasteiger partial charge in [0.2, 0.25) is 5.91 Å². The van der Waals surface area contributed by atoms with E-state index < -0.39 is 0 Å². The van der Waals surface area contributed by atoms with E-state index in [0.717, 1.165) is 6.42 Å². The van der Waals surface area contributed by atoms with Gasteiger partial charge >= 0.3 is 0 Å². The monoisotopic (exact) mass is 436 g/mol. The minimum absolute atomic E-state index is 0.0972. The van der Waals surface area contributed by atoms with Crippen molar-refractivity contribution in [3.63, 3.8) is 0 Å². The molecule has 8 heteroatoms. The van der Waals surface area contributed by atoms with Crippen molar-refractivity contribution >= 4 is 40.7 Å². The van der Waals surface area contributed by atoms with Crippen molar-refractivity contribution in [3.8, 4) is 11.5 Å². The van der Waals surface area contributed by atoms with Crippen molar-refractivity contribution in [1.82, 2.24) is 4.90 Å². The summed E-state index contributed by atoms with van der Waals surface area (Å²) in [4.78, 5) is 27.0. The van der Waals surface area contributed by atoms with Crippen molar-refractivity contribution in [2.45, 2.75) is 19.8 Å². The van der Waals surface area contributed by atoms with Crippen LogP contribution in [0.3, 0.4) is 0 Å². The smallest absolute Gasteiger partial charge is 0.254 e. The van der Waals surface area contributed by atoms with Gasteiger partial charge in [0.25, 0.3) is 5.91 Å². The van der Waals surface area contributed by atoms with E-state index in [-0.39, 0.29) is 18.4 Å². The van der Waals surface area contributed by atoms with Gasteiger partial charge in [-0.1, -0.05) is 30.1 Å². The Balaban J connectivity index is 1.72. The second-order valence-corrected chi connectivity index (χ2v) is 7.45. The lowest BCUT2D eigenvalue weighted by Gasteiger charge is -2.22. The highest BCUT2D eigenvalue weighted by atomic mass is 35.5. The molecular weight excluding hydrogens is 415 g/mol. The quantitative estimate of drug-likeness (QED) is 0.715. The molecule has 0 aliphatic carbocycles. The van der Waals surface area contributed by atoms with Gasteiger partial charge < -0.3 is 19.7 Å². The zero-order valence-corrected chi connectivity index (χ0v) is 17.6. The third-order valence-electron chi connectivity index (χ3n) is 4.31. The van der Waals surface area contributed by atoms with Gasteiger partial charge in [-0.3, -0.25) is 9.59 Å². The number of rotatable bonds is 6. The molecule has 0 bridgehead atoms. The molecule has 2 amide bonds. The number of anilines is 1. The molecule has 1 N–H and O–H groups in total. The van der Waals surface area contributed by atoms with Crippen molar-refractivity contribution in [3.05, 3.63) is 52.0 Å². The summed E-state index contributed by atoms with van der Waals surface area (Å²) in [5.74, 6) is 0.573. The number of carbonyl (C=O) groups excluding carboxylic acids is 2. The second-order valence-electron chi connectivity index (χ2n) is 6.61. The molecule has 0 aromatic heterocycles. The van der Waals surface area contributed by atoms with Crippen molar-refractivity contribution in [1.29, 1.82) is 0 Å². The normalized spacial score (nSPS) is 12.8. The van der Waals surface area contributed by atoms with E-state index in [1.807, 2.05) is 6.92 Å². The zero-order valence-electron chi connectivity index (χ0n) is 16.0. The lowest BCUT2D eigenvalue weighted by Crippen LogP contribution is -2.38. The number of nitrogens with one attached hydrogen (secondary N) is 1. The topological polar surface area (TPSA) is 67.9 Å². The standard InChI is InChI=1S/C21H22Cl2N2O4/c1-2-8-25(13-20(26)24-17-6-5-15(22)12-16(17)23)21(27)14-4-7-18-19(11-14)29-10-3-9-28-18/h4-7,11-12H,2-3,8-10,13H2,1H3,(H,24,26). The molecule has 1 heterocycles. The van der Waals surface area contributed by atoms with Gasteiger partial charge in [0, 0.05) is 23.6 Å². The van der Waals surface area contributed by atoms with Crippen LogP contribution in [0.5, 0.6) is 11.5 Å². The summed E-state index contributed by atoms with van der Waals surface area (Å²) >= 11 is 12.0. The first-order valence-electron chi connectivity index (χ1n) is 9.41. The number of hydrogen-bond acceptors (Lipinski definition) is 4. The van der Waals surface area contributed by atoms with Gasteiger partial charge in [0.15, 0.2) is 11.5 Å². The third kappa shape index (κ3) is 5.55. The summed E-state index contributed by atoms with van der Waals surface area (Å²) < 4.78 is 11.3. The Morgan fingerprint density at radius 2 is 1.83 bits per heavy atom. The summed E-state index contributed by atoms with van der Waals surface area (Å²) in [7, 11) is 0. The molecule has 0 atom stereocenters. The average molecular weight is 437 g/mol. The highest BCUT2D eigenvalue weighted by molar-refractivity contribution is 6.36. The predicted molar refractivity (Wildman–Crippen MR) is 113 cm³/mol. The van der Waals surface area contributed by atoms with Crippen LogP contribution in [-0.4, -0.2) is 43.0 Å². The fourth-order valence-electron chi connectivity index (χ4n) is 2.96. The molecule has 0 unspecified atom stereocenters. The Labute approximate surface area is 179 Å². The zero-order chi connectivity index (χ0) is 20.8. The summed E-state index contributed by atoms with van der Waals surface area (Å²) in [5, 5.41) is 3.54. The molecule has 2 aromatic rings. The molecule has 3 rings (SSSR count). The van der Waals surface area contributed by atoms with Crippen molar-refractivity contribution in [2.24, 2.45) is 0 Å². The van der Waals surface area contributed by atoms with Gasteiger partial charge in [-0.2, -0.15) is 0 Å². The van der Waals surface area contributed by atoms with E-state index in [1.54, 1.807) is 36.4 Å². The second kappa shape index (κ2) is 9.85. The van der Waals surface area contributed by atoms with Gasteiger partial charge in [0.05, 0.1) is 23.9 Å². The Bertz CT molecular complexity index is 904. The highest BCUT2D eigenvalue weighted by Crippen LogP contribution is 2.31. The lowest BCUT2D eigenvalue weighted by molar-refractivity contribution is -0.116. The van der Waals surface area contributed by atoms with E-state index in [1.165, 1.54) is 4.90 Å². The molecule has 0 spiro atoms. The number of nitrogens with zero attached hydrogens (tertiary/aromatic N) is 1. The third-order valence-corrected chi connectivity index (χ3v) is 4.86. The van der Waals surface area contributed by atoms with Crippen LogP contribution in [0.1, 0.15) is 30.1 Å². The summed E-state index contributed by atoms with van der Waals surface area (Å²) in [5.41, 5.74) is 0.889. The maximum atomic E-state index is 13.0. The van der Waals surface area contributed by atoms with E-state index in [4.69, 9.17) is 32.7 Å². The fourth-order valence-corrected chi connectivity index (χ4v) is 3.41. The van der Waals surface area contributed by atoms with Crippen LogP contribution in [0.4, 0.5) is 5.69 Å². The number of amides is 2. The first-order chi connectivity index (χ1) is 14.0. The number of halogens is 2. The van der Waals surface area contributed by atoms with E-state index >= 15 is 0 Å². The minimum Gasteiger partial charge on any atom is -0.490 e. The van der Waals surface area contributed by atoms with E-state index in [0.29, 0.717) is 59.0 Å². The van der Waals surface area contributed by atoms with Gasteiger partial charge in [-0.25, -0.2) is 0 Å². The minimum atomic E-state index is -0.342. The summed E-state index contributed by atoms with van der Waals surface area (Å²) in [6.45, 7) is 3.40. The molecular formula is C21H22Cl2N2O4. The maximum Gasteiger partial charge on any atom is 0.254 e. The Morgan fingerprint density at radius 1 is 1.07 bits per heavy atom. The maximum absolute atomic E-state index is 13.0. The van der Waals surface area contributed by atoms with Crippen LogP contribution in [0, 0.1) is 0 Å². The van der Waals surface area contributed by atoms with E-state index in [9.17, 15) is 9.59 Å². The van der Waals surface area contributed by atoms with Crippen LogP contribution in [0.15, 0.2) is 36.4 Å². The number of fused-ring (bicyclic) bond motifs is 1. The molecule has 0 saturated carbocycles. The Hall–Kier alpha value is -2.44. The molecule has 6 nitrogen and oxygen atoms in total. The average Bonchev–Trinajstić information content (AvgIpc) is 2.94. The first-order valence-corrected chi connectivity index (χ1v) is 10.2. The lowest BCUT2D eigenvalue weighted by atomic mass is 10.1. The predicted octanol–water partition coefficient (Wildman–Crippen LogP) is 4.65. The van der Waals surface area contributed by atoms with E-state index in [2.05, 4.69) is 5.32 Å². The van der Waals surface area contributed by atoms with Crippen LogP contribution in [0.25, 0.3) is 0 Å². The SMILES string of the molecule is CCCN(CC(=O)Nc1ccc(Cl)cc1Cl)C(=O)c1ccc2c(c1)OCCCO2. The fraction of sp³-hybridized carbons (Fsp3) is 0.333. The highest BCUT2D eigenvalue weighted by Gasteiger charge is 2.21. The van der Waals surface area contributed by atoms with Gasteiger partial charge in [0.1, 0.15) is 6.54 Å². The van der Waals surface area contributed by atoms with Crippen LogP contribution < -0.4 is 14.8 Å².